The first-order valence-corrected chi connectivity index (χ1v) is 16.2. The van der Waals surface area contributed by atoms with Crippen molar-refractivity contribution < 1.29 is 37.5 Å². The number of halogens is 1. The molecule has 1 aliphatic carbocycles. The summed E-state index contributed by atoms with van der Waals surface area (Å²) in [5.74, 6) is -0.680. The van der Waals surface area contributed by atoms with Crippen LogP contribution in [0.3, 0.4) is 0 Å². The van der Waals surface area contributed by atoms with Gasteiger partial charge in [-0.2, -0.15) is 0 Å². The number of hydrogen-bond acceptors (Lipinski definition) is 11. The van der Waals surface area contributed by atoms with Gasteiger partial charge in [-0.1, -0.05) is 5.16 Å². The van der Waals surface area contributed by atoms with Crippen LogP contribution in [0.5, 0.6) is 0 Å². The highest BCUT2D eigenvalue weighted by Gasteiger charge is 2.36. The summed E-state index contributed by atoms with van der Waals surface area (Å²) >= 11 is 0. The summed E-state index contributed by atoms with van der Waals surface area (Å²) in [4.78, 5) is 59.7. The van der Waals surface area contributed by atoms with Crippen molar-refractivity contribution in [2.45, 2.75) is 96.4 Å². The quantitative estimate of drug-likeness (QED) is 0.346. The van der Waals surface area contributed by atoms with Crippen LogP contribution in [-0.4, -0.2) is 94.5 Å². The van der Waals surface area contributed by atoms with Crippen molar-refractivity contribution in [3.05, 3.63) is 40.5 Å². The molecule has 0 unspecified atom stereocenters. The van der Waals surface area contributed by atoms with Gasteiger partial charge >= 0.3 is 12.2 Å². The molecule has 0 radical (unpaired) electrons. The van der Waals surface area contributed by atoms with Gasteiger partial charge in [0.1, 0.15) is 34.4 Å². The second-order valence-corrected chi connectivity index (χ2v) is 14.3. The first kappa shape index (κ1) is 35.6. The van der Waals surface area contributed by atoms with E-state index in [9.17, 15) is 19.2 Å². The average Bonchev–Trinajstić information content (AvgIpc) is 3.42. The Labute approximate surface area is 283 Å². The van der Waals surface area contributed by atoms with Gasteiger partial charge in [0.2, 0.25) is 5.76 Å². The number of nitrogens with one attached hydrogen (secondary N) is 2. The average molecular weight is 686 g/mol. The fourth-order valence-corrected chi connectivity index (χ4v) is 5.66. The summed E-state index contributed by atoms with van der Waals surface area (Å²) in [6, 6.07) is 3.51. The van der Waals surface area contributed by atoms with E-state index in [1.807, 2.05) is 0 Å². The number of fused-ring (bicyclic) bond motifs is 1. The highest BCUT2D eigenvalue weighted by atomic mass is 19.1. The minimum atomic E-state index is -1.54. The molecule has 3 aromatic heterocycles. The zero-order chi connectivity index (χ0) is 35.8. The molecule has 2 N–H and O–H groups in total. The van der Waals surface area contributed by atoms with Crippen LogP contribution < -0.4 is 21.1 Å². The summed E-state index contributed by atoms with van der Waals surface area (Å²) in [5.41, 5.74) is -1.67. The molecule has 49 heavy (non-hydrogen) atoms. The SMILES string of the molecule is CO[C@@H]1CC[C@H]1NC(=O)c1onc2c(N(C)C(=O)OC(C)(C)C)cc(Nc3cccn([C@@H]4CCN(C(=O)OC(C)(C)C)C[C@@H]4F)c3=O)nc12. The van der Waals surface area contributed by atoms with Crippen LogP contribution in [0, 0.1) is 0 Å². The number of rotatable bonds is 7. The topological polar surface area (TPSA) is 170 Å². The van der Waals surface area contributed by atoms with Gasteiger partial charge in [-0.05, 0) is 72.9 Å². The van der Waals surface area contributed by atoms with E-state index in [-0.39, 0.29) is 65.6 Å². The number of ether oxygens (including phenoxy) is 3. The number of likely N-dealkylation sites (tertiary alicyclic amines) is 1. The second kappa shape index (κ2) is 13.6. The molecule has 16 heteroatoms. The van der Waals surface area contributed by atoms with Gasteiger partial charge in [0.25, 0.3) is 11.5 Å². The summed E-state index contributed by atoms with van der Waals surface area (Å²) in [5, 5.41) is 9.92. The molecule has 4 heterocycles. The molecular weight excluding hydrogens is 641 g/mol. The van der Waals surface area contributed by atoms with Gasteiger partial charge in [-0.25, -0.2) is 19.0 Å². The van der Waals surface area contributed by atoms with Crippen LogP contribution in [0.4, 0.5) is 31.2 Å². The molecule has 1 saturated heterocycles. The van der Waals surface area contributed by atoms with Gasteiger partial charge < -0.3 is 38.8 Å². The van der Waals surface area contributed by atoms with Gasteiger partial charge in [-0.3, -0.25) is 14.5 Å². The molecule has 0 spiro atoms. The molecule has 1 saturated carbocycles. The molecule has 1 aliphatic heterocycles. The third kappa shape index (κ3) is 7.95. The van der Waals surface area contributed by atoms with Crippen molar-refractivity contribution in [1.29, 1.82) is 0 Å². The summed E-state index contributed by atoms with van der Waals surface area (Å²) < 4.78 is 38.6. The van der Waals surface area contributed by atoms with E-state index in [0.717, 1.165) is 12.8 Å². The number of carbonyl (C=O) groups excluding carboxylic acids is 3. The molecule has 266 valence electrons. The molecule has 0 bridgehead atoms. The first-order chi connectivity index (χ1) is 23.0. The number of pyridine rings is 2. The highest BCUT2D eigenvalue weighted by Crippen LogP contribution is 2.33. The lowest BCUT2D eigenvalue weighted by molar-refractivity contribution is 0.00646. The molecule has 0 aromatic carbocycles. The maximum absolute atomic E-state index is 15.5. The monoisotopic (exact) mass is 685 g/mol. The normalized spacial score (nSPS) is 21.1. The van der Waals surface area contributed by atoms with Crippen molar-refractivity contribution in [2.24, 2.45) is 0 Å². The lowest BCUT2D eigenvalue weighted by atomic mass is 9.89. The highest BCUT2D eigenvalue weighted by molar-refractivity contribution is 6.07. The minimum Gasteiger partial charge on any atom is -0.444 e. The van der Waals surface area contributed by atoms with Gasteiger partial charge in [0, 0.05) is 33.0 Å². The van der Waals surface area contributed by atoms with E-state index < -0.39 is 47.1 Å². The molecule has 15 nitrogen and oxygen atoms in total. The molecule has 2 aliphatic rings. The predicted octanol–water partition coefficient (Wildman–Crippen LogP) is 4.93. The Kier molecular flexibility index (Phi) is 9.91. The number of methoxy groups -OCH3 is 1. The predicted molar refractivity (Wildman–Crippen MR) is 178 cm³/mol. The second-order valence-electron chi connectivity index (χ2n) is 14.3. The number of aromatic nitrogens is 3. The largest absolute Gasteiger partial charge is 0.444 e. The minimum absolute atomic E-state index is 0.0378. The van der Waals surface area contributed by atoms with Crippen LogP contribution in [0.1, 0.15) is 77.4 Å². The van der Waals surface area contributed by atoms with Crippen molar-refractivity contribution in [3.63, 3.8) is 0 Å². The standard InChI is InChI=1S/C33H44FN7O8/c1-32(2,3)47-30(44)39(7)22-16-24(37-26-25(22)38-49-27(26)28(42)36-19-11-12-23(19)46-8)35-20-10-9-14-41(29(20)43)21-13-15-40(17-18(21)34)31(45)48-33(4,5)6/h9-10,14,16,18-19,21,23H,11-13,15,17H2,1-8H3,(H,35,37)(H,36,42)/t18-,19+,21+,23+/m0/s1. The number of hydrogen-bond donors (Lipinski definition) is 2. The van der Waals surface area contributed by atoms with E-state index >= 15 is 4.39 Å². The number of piperidine rings is 1. The van der Waals surface area contributed by atoms with Crippen molar-refractivity contribution >= 4 is 46.3 Å². The zero-order valence-corrected chi connectivity index (χ0v) is 29.0. The van der Waals surface area contributed by atoms with Crippen LogP contribution >= 0.6 is 0 Å². The summed E-state index contributed by atoms with van der Waals surface area (Å²) in [6.07, 6.45) is 0.212. The summed E-state index contributed by atoms with van der Waals surface area (Å²) in [6.45, 7) is 10.4. The molecule has 3 aromatic rings. The number of carbonyl (C=O) groups is 3. The Bertz CT molecular complexity index is 1780. The van der Waals surface area contributed by atoms with E-state index in [1.54, 1.807) is 54.7 Å². The Morgan fingerprint density at radius 3 is 2.39 bits per heavy atom. The fraction of sp³-hybridized carbons (Fsp3) is 0.576. The maximum atomic E-state index is 15.5. The molecule has 5 rings (SSSR count). The van der Waals surface area contributed by atoms with Crippen LogP contribution in [-0.2, 0) is 14.2 Å². The third-order valence-corrected chi connectivity index (χ3v) is 8.23. The molecule has 2 fully saturated rings. The Balaban J connectivity index is 1.45. The van der Waals surface area contributed by atoms with Gasteiger partial charge in [0.15, 0.2) is 5.52 Å². The Morgan fingerprint density at radius 2 is 1.78 bits per heavy atom. The molecule has 4 atom stereocenters. The van der Waals surface area contributed by atoms with Crippen molar-refractivity contribution in [1.82, 2.24) is 24.9 Å². The Hall–Kier alpha value is -4.73. The number of amides is 3. The number of alkyl halides is 1. The lowest BCUT2D eigenvalue weighted by Gasteiger charge is -2.36. The van der Waals surface area contributed by atoms with Gasteiger partial charge in [0.05, 0.1) is 30.4 Å². The van der Waals surface area contributed by atoms with Crippen LogP contribution in [0.15, 0.2) is 33.7 Å². The van der Waals surface area contributed by atoms with Gasteiger partial charge in [-0.15, -0.1) is 0 Å². The molecular formula is C33H44FN7O8. The zero-order valence-electron chi connectivity index (χ0n) is 29.0. The van der Waals surface area contributed by atoms with E-state index in [2.05, 4.69) is 20.8 Å². The first-order valence-electron chi connectivity index (χ1n) is 16.2. The Morgan fingerprint density at radius 1 is 1.06 bits per heavy atom. The molecule has 3 amide bonds. The number of anilines is 3. The fourth-order valence-electron chi connectivity index (χ4n) is 5.66. The lowest BCUT2D eigenvalue weighted by Crippen LogP contribution is -2.51. The van der Waals surface area contributed by atoms with Crippen molar-refractivity contribution in [2.75, 3.05) is 37.5 Å². The smallest absolute Gasteiger partial charge is 0.414 e. The summed E-state index contributed by atoms with van der Waals surface area (Å²) in [7, 11) is 3.04. The van der Waals surface area contributed by atoms with E-state index in [4.69, 9.17) is 18.7 Å². The van der Waals surface area contributed by atoms with Crippen LogP contribution in [0.25, 0.3) is 11.0 Å². The number of nitrogens with zero attached hydrogens (tertiary/aromatic N) is 5. The van der Waals surface area contributed by atoms with Crippen LogP contribution in [0.2, 0.25) is 0 Å². The maximum Gasteiger partial charge on any atom is 0.414 e. The van der Waals surface area contributed by atoms with Crippen molar-refractivity contribution in [3.8, 4) is 0 Å². The third-order valence-electron chi connectivity index (χ3n) is 8.23. The van der Waals surface area contributed by atoms with E-state index in [0.29, 0.717) is 0 Å². The van der Waals surface area contributed by atoms with E-state index in [1.165, 1.54) is 39.7 Å².